The van der Waals surface area contributed by atoms with Crippen LogP contribution in [0.3, 0.4) is 0 Å². The van der Waals surface area contributed by atoms with Gasteiger partial charge in [-0.05, 0) is 26.0 Å². The summed E-state index contributed by atoms with van der Waals surface area (Å²) in [4.78, 5) is 6.37. The van der Waals surface area contributed by atoms with Crippen molar-refractivity contribution >= 4 is 17.4 Å². The van der Waals surface area contributed by atoms with Crippen LogP contribution in [0.15, 0.2) is 12.1 Å². The lowest BCUT2D eigenvalue weighted by Gasteiger charge is -2.20. The lowest BCUT2D eigenvalue weighted by Crippen LogP contribution is -2.23. The van der Waals surface area contributed by atoms with E-state index in [1.165, 1.54) is 0 Å². The summed E-state index contributed by atoms with van der Waals surface area (Å²) in [5.41, 5.74) is 0.611. The topological polar surface area (TPSA) is 36.4 Å². The van der Waals surface area contributed by atoms with Gasteiger partial charge in [0.25, 0.3) is 0 Å². The maximum atomic E-state index is 8.97. The Morgan fingerprint density at radius 2 is 2.00 bits per heavy atom. The Morgan fingerprint density at radius 3 is 2.50 bits per heavy atom. The van der Waals surface area contributed by atoms with Crippen LogP contribution in [0, 0.1) is 0 Å². The lowest BCUT2D eigenvalue weighted by molar-refractivity contribution is 0.277. The minimum atomic E-state index is -0.0746. The molecule has 0 aliphatic rings. The summed E-state index contributed by atoms with van der Waals surface area (Å²) in [6, 6.07) is 3.49. The molecule has 0 bridgehead atoms. The first-order valence-corrected chi connectivity index (χ1v) is 5.11. The number of pyridine rings is 1. The zero-order chi connectivity index (χ0) is 10.6. The van der Waals surface area contributed by atoms with E-state index in [1.807, 2.05) is 6.07 Å². The number of nitrogens with zero attached hydrogens (tertiary/aromatic N) is 2. The Balaban J connectivity index is 3.01. The van der Waals surface area contributed by atoms with Crippen molar-refractivity contribution in [1.29, 1.82) is 0 Å². The third-order valence-corrected chi connectivity index (χ3v) is 2.30. The number of halogens is 1. The minimum absolute atomic E-state index is 0.0746. The molecule has 0 atom stereocenters. The number of aliphatic hydroxyl groups excluding tert-OH is 1. The van der Waals surface area contributed by atoms with Crippen LogP contribution in [0.25, 0.3) is 0 Å². The molecule has 3 nitrogen and oxygen atoms in total. The molecule has 0 fully saturated rings. The molecule has 0 aliphatic carbocycles. The van der Waals surface area contributed by atoms with Crippen LogP contribution in [0.4, 0.5) is 5.82 Å². The van der Waals surface area contributed by atoms with Gasteiger partial charge in [-0.2, -0.15) is 0 Å². The van der Waals surface area contributed by atoms with Crippen molar-refractivity contribution in [1.82, 2.24) is 4.98 Å². The van der Waals surface area contributed by atoms with Crippen LogP contribution in [0.5, 0.6) is 0 Å². The van der Waals surface area contributed by atoms with Gasteiger partial charge < -0.3 is 10.0 Å². The van der Waals surface area contributed by atoms with Crippen molar-refractivity contribution in [3.63, 3.8) is 0 Å². The molecular formula is C10H15ClN2O. The third kappa shape index (κ3) is 2.59. The maximum Gasteiger partial charge on any atom is 0.130 e. The summed E-state index contributed by atoms with van der Waals surface area (Å²) >= 11 is 5.91. The van der Waals surface area contributed by atoms with E-state index in [0.29, 0.717) is 10.7 Å². The second-order valence-corrected chi connectivity index (χ2v) is 3.40. The molecule has 0 amide bonds. The van der Waals surface area contributed by atoms with Crippen LogP contribution >= 0.6 is 11.6 Å². The minimum Gasteiger partial charge on any atom is -0.390 e. The molecule has 0 aromatic carbocycles. The van der Waals surface area contributed by atoms with E-state index in [-0.39, 0.29) is 6.61 Å². The van der Waals surface area contributed by atoms with E-state index in [9.17, 15) is 0 Å². The average molecular weight is 215 g/mol. The SMILES string of the molecule is CCN(CC)c1cc(Cl)cc(CO)n1. The van der Waals surface area contributed by atoms with Gasteiger partial charge in [0.15, 0.2) is 0 Å². The smallest absolute Gasteiger partial charge is 0.130 e. The highest BCUT2D eigenvalue weighted by atomic mass is 35.5. The lowest BCUT2D eigenvalue weighted by atomic mass is 10.3. The number of hydrogen-bond donors (Lipinski definition) is 1. The third-order valence-electron chi connectivity index (χ3n) is 2.08. The molecule has 0 radical (unpaired) electrons. The van der Waals surface area contributed by atoms with Crippen LogP contribution in [-0.2, 0) is 6.61 Å². The van der Waals surface area contributed by atoms with Crippen molar-refractivity contribution in [3.05, 3.63) is 22.8 Å². The van der Waals surface area contributed by atoms with Gasteiger partial charge in [-0.25, -0.2) is 4.98 Å². The Bertz CT molecular complexity index is 300. The van der Waals surface area contributed by atoms with E-state index in [1.54, 1.807) is 6.07 Å². The summed E-state index contributed by atoms with van der Waals surface area (Å²) in [6.45, 7) is 5.81. The first kappa shape index (κ1) is 11.3. The molecule has 78 valence electrons. The van der Waals surface area contributed by atoms with Crippen LogP contribution < -0.4 is 4.90 Å². The van der Waals surface area contributed by atoms with Crippen LogP contribution in [0.1, 0.15) is 19.5 Å². The van der Waals surface area contributed by atoms with Crippen molar-refractivity contribution in [2.75, 3.05) is 18.0 Å². The molecule has 1 aromatic heterocycles. The summed E-state index contributed by atoms with van der Waals surface area (Å²) < 4.78 is 0. The first-order chi connectivity index (χ1) is 6.71. The predicted octanol–water partition coefficient (Wildman–Crippen LogP) is 2.07. The summed E-state index contributed by atoms with van der Waals surface area (Å²) in [7, 11) is 0. The molecule has 4 heteroatoms. The quantitative estimate of drug-likeness (QED) is 0.834. The van der Waals surface area contributed by atoms with Crippen molar-refractivity contribution in [2.24, 2.45) is 0 Å². The maximum absolute atomic E-state index is 8.97. The normalized spacial score (nSPS) is 10.3. The standard InChI is InChI=1S/C10H15ClN2O/c1-3-13(4-2)10-6-8(11)5-9(7-14)12-10/h5-6,14H,3-4,7H2,1-2H3. The van der Waals surface area contributed by atoms with Crippen LogP contribution in [0.2, 0.25) is 5.02 Å². The first-order valence-electron chi connectivity index (χ1n) is 4.73. The highest BCUT2D eigenvalue weighted by Gasteiger charge is 2.06. The Kier molecular flexibility index (Phi) is 4.17. The largest absolute Gasteiger partial charge is 0.390 e. The van der Waals surface area contributed by atoms with E-state index < -0.39 is 0 Å². The van der Waals surface area contributed by atoms with Crippen molar-refractivity contribution in [2.45, 2.75) is 20.5 Å². The van der Waals surface area contributed by atoms with Gasteiger partial charge in [-0.1, -0.05) is 11.6 Å². The molecule has 0 aliphatic heterocycles. The Hall–Kier alpha value is -0.800. The summed E-state index contributed by atoms with van der Waals surface area (Å²) in [5, 5.41) is 9.59. The van der Waals surface area contributed by atoms with Gasteiger partial charge >= 0.3 is 0 Å². The van der Waals surface area contributed by atoms with Crippen molar-refractivity contribution in [3.8, 4) is 0 Å². The fraction of sp³-hybridized carbons (Fsp3) is 0.500. The molecule has 1 heterocycles. The number of aliphatic hydroxyl groups is 1. The highest BCUT2D eigenvalue weighted by Crippen LogP contribution is 2.18. The number of anilines is 1. The Labute approximate surface area is 89.3 Å². The predicted molar refractivity (Wildman–Crippen MR) is 58.7 cm³/mol. The van der Waals surface area contributed by atoms with E-state index >= 15 is 0 Å². The van der Waals surface area contributed by atoms with Crippen LogP contribution in [-0.4, -0.2) is 23.2 Å². The second kappa shape index (κ2) is 5.17. The van der Waals surface area contributed by atoms with Gasteiger partial charge in [0.1, 0.15) is 5.82 Å². The van der Waals surface area contributed by atoms with Gasteiger partial charge in [-0.3, -0.25) is 0 Å². The molecule has 0 saturated carbocycles. The zero-order valence-electron chi connectivity index (χ0n) is 8.50. The number of rotatable bonds is 4. The summed E-state index contributed by atoms with van der Waals surface area (Å²) in [5.74, 6) is 0.826. The average Bonchev–Trinajstić information content (AvgIpc) is 2.19. The van der Waals surface area contributed by atoms with Gasteiger partial charge in [0.05, 0.1) is 12.3 Å². The molecule has 1 aromatic rings. The van der Waals surface area contributed by atoms with Gasteiger partial charge in [-0.15, -0.1) is 0 Å². The van der Waals surface area contributed by atoms with Crippen molar-refractivity contribution < 1.29 is 5.11 Å². The number of hydrogen-bond acceptors (Lipinski definition) is 3. The zero-order valence-corrected chi connectivity index (χ0v) is 9.25. The molecule has 0 unspecified atom stereocenters. The summed E-state index contributed by atoms with van der Waals surface area (Å²) in [6.07, 6.45) is 0. The van der Waals surface area contributed by atoms with E-state index in [2.05, 4.69) is 23.7 Å². The highest BCUT2D eigenvalue weighted by molar-refractivity contribution is 6.30. The Morgan fingerprint density at radius 1 is 1.36 bits per heavy atom. The molecule has 0 spiro atoms. The molecule has 0 saturated heterocycles. The number of aromatic nitrogens is 1. The van der Waals surface area contributed by atoms with Gasteiger partial charge in [0, 0.05) is 18.1 Å². The molecule has 1 rings (SSSR count). The molecule has 1 N–H and O–H groups in total. The second-order valence-electron chi connectivity index (χ2n) is 2.97. The molecule has 14 heavy (non-hydrogen) atoms. The fourth-order valence-corrected chi connectivity index (χ4v) is 1.55. The monoisotopic (exact) mass is 214 g/mol. The molecular weight excluding hydrogens is 200 g/mol. The fourth-order valence-electron chi connectivity index (χ4n) is 1.33. The van der Waals surface area contributed by atoms with Gasteiger partial charge in [0.2, 0.25) is 0 Å². The van der Waals surface area contributed by atoms with E-state index in [4.69, 9.17) is 16.7 Å². The van der Waals surface area contributed by atoms with E-state index in [0.717, 1.165) is 18.9 Å².